The maximum Gasteiger partial charge on any atom is 0.256 e. The van der Waals surface area contributed by atoms with Crippen molar-refractivity contribution in [3.8, 4) is 11.1 Å². The SMILES string of the molecule is Cc1cc(C(=O)NCC(O)CN2CCOCC2)c(/C=C2\C(=O)Nc3cccc(-c4ccccc4F)c32)[nH]1. The van der Waals surface area contributed by atoms with Gasteiger partial charge in [-0.15, -0.1) is 0 Å². The van der Waals surface area contributed by atoms with Gasteiger partial charge in [-0.05, 0) is 36.8 Å². The Balaban J connectivity index is 1.40. The van der Waals surface area contributed by atoms with Crippen molar-refractivity contribution in [3.05, 3.63) is 76.9 Å². The van der Waals surface area contributed by atoms with E-state index in [1.54, 1.807) is 48.5 Å². The number of ether oxygens (including phenoxy) is 1. The number of aryl methyl sites for hydroxylation is 1. The maximum absolute atomic E-state index is 14.7. The van der Waals surface area contributed by atoms with Crippen molar-refractivity contribution in [2.24, 2.45) is 0 Å². The summed E-state index contributed by atoms with van der Waals surface area (Å²) in [5.41, 5.74) is 4.02. The van der Waals surface area contributed by atoms with Crippen molar-refractivity contribution in [3.63, 3.8) is 0 Å². The van der Waals surface area contributed by atoms with Gasteiger partial charge in [0.15, 0.2) is 0 Å². The number of β-amino-alcohol motifs (C(OH)–C–C–N with tert-alkyl or cyclic N) is 1. The first-order chi connectivity index (χ1) is 17.9. The van der Waals surface area contributed by atoms with Gasteiger partial charge in [0.2, 0.25) is 0 Å². The monoisotopic (exact) mass is 504 g/mol. The zero-order chi connectivity index (χ0) is 25.9. The van der Waals surface area contributed by atoms with Crippen LogP contribution in [0.4, 0.5) is 10.1 Å². The molecule has 0 radical (unpaired) electrons. The summed E-state index contributed by atoms with van der Waals surface area (Å²) in [4.78, 5) is 31.3. The first-order valence-electron chi connectivity index (χ1n) is 12.3. The molecule has 9 heteroatoms. The molecule has 0 bridgehead atoms. The summed E-state index contributed by atoms with van der Waals surface area (Å²) in [6.07, 6.45) is 0.900. The molecule has 5 rings (SSSR count). The van der Waals surface area contributed by atoms with Crippen LogP contribution in [0, 0.1) is 12.7 Å². The molecule has 2 aliphatic rings. The van der Waals surface area contributed by atoms with Crippen LogP contribution in [0.5, 0.6) is 0 Å². The van der Waals surface area contributed by atoms with E-state index >= 15 is 0 Å². The summed E-state index contributed by atoms with van der Waals surface area (Å²) in [5, 5.41) is 16.0. The molecule has 37 heavy (non-hydrogen) atoms. The number of benzene rings is 2. The molecule has 3 heterocycles. The molecule has 1 saturated heterocycles. The number of aromatic nitrogens is 1. The fourth-order valence-corrected chi connectivity index (χ4v) is 4.80. The number of rotatable bonds is 7. The van der Waals surface area contributed by atoms with Crippen LogP contribution >= 0.6 is 0 Å². The zero-order valence-electron chi connectivity index (χ0n) is 20.5. The Morgan fingerprint density at radius 2 is 1.95 bits per heavy atom. The molecule has 3 aromatic rings. The van der Waals surface area contributed by atoms with Crippen molar-refractivity contribution in [2.45, 2.75) is 13.0 Å². The molecule has 8 nitrogen and oxygen atoms in total. The van der Waals surface area contributed by atoms with Gasteiger partial charge in [-0.3, -0.25) is 14.5 Å². The second-order valence-corrected chi connectivity index (χ2v) is 9.28. The second-order valence-electron chi connectivity index (χ2n) is 9.28. The molecular formula is C28H29FN4O4. The largest absolute Gasteiger partial charge is 0.390 e. The normalized spacial score (nSPS) is 17.5. The highest BCUT2D eigenvalue weighted by atomic mass is 19.1. The molecule has 2 amide bonds. The number of hydrogen-bond acceptors (Lipinski definition) is 5. The highest BCUT2D eigenvalue weighted by molar-refractivity contribution is 6.36. The summed E-state index contributed by atoms with van der Waals surface area (Å²) in [6.45, 7) is 5.12. The van der Waals surface area contributed by atoms with Gasteiger partial charge in [-0.2, -0.15) is 0 Å². The van der Waals surface area contributed by atoms with E-state index in [2.05, 4.69) is 20.5 Å². The lowest BCUT2D eigenvalue weighted by Gasteiger charge is -2.28. The minimum atomic E-state index is -0.722. The van der Waals surface area contributed by atoms with E-state index in [1.807, 2.05) is 6.92 Å². The predicted octanol–water partition coefficient (Wildman–Crippen LogP) is 3.04. The minimum absolute atomic E-state index is 0.0944. The van der Waals surface area contributed by atoms with Crippen LogP contribution in [-0.2, 0) is 9.53 Å². The van der Waals surface area contributed by atoms with Gasteiger partial charge >= 0.3 is 0 Å². The number of aliphatic hydroxyl groups is 1. The van der Waals surface area contributed by atoms with Crippen LogP contribution in [0.15, 0.2) is 48.5 Å². The fraction of sp³-hybridized carbons (Fsp3) is 0.286. The van der Waals surface area contributed by atoms with Crippen molar-refractivity contribution >= 4 is 29.2 Å². The minimum Gasteiger partial charge on any atom is -0.390 e. The topological polar surface area (TPSA) is 107 Å². The number of nitrogens with one attached hydrogen (secondary N) is 3. The summed E-state index contributed by atoms with van der Waals surface area (Å²) < 4.78 is 20.0. The van der Waals surface area contributed by atoms with E-state index in [1.165, 1.54) is 6.07 Å². The number of fused-ring (bicyclic) bond motifs is 1. The molecule has 1 atom stereocenters. The summed E-state index contributed by atoms with van der Waals surface area (Å²) in [6, 6.07) is 13.4. The van der Waals surface area contributed by atoms with Crippen LogP contribution < -0.4 is 10.6 Å². The van der Waals surface area contributed by atoms with Gasteiger partial charge in [-0.1, -0.05) is 30.3 Å². The van der Waals surface area contributed by atoms with Gasteiger partial charge in [-0.25, -0.2) is 4.39 Å². The zero-order valence-corrected chi connectivity index (χ0v) is 20.5. The second kappa shape index (κ2) is 10.7. The number of H-pyrrole nitrogens is 1. The lowest BCUT2D eigenvalue weighted by molar-refractivity contribution is -0.110. The number of amides is 2. The van der Waals surface area contributed by atoms with Gasteiger partial charge in [0.05, 0.1) is 36.1 Å². The first kappa shape index (κ1) is 24.9. The predicted molar refractivity (Wildman–Crippen MR) is 139 cm³/mol. The molecular weight excluding hydrogens is 475 g/mol. The number of morpholine rings is 1. The van der Waals surface area contributed by atoms with Gasteiger partial charge in [0, 0.05) is 48.7 Å². The van der Waals surface area contributed by atoms with Crippen LogP contribution in [0.1, 0.15) is 27.3 Å². The number of carbonyl (C=O) groups excluding carboxylic acids is 2. The summed E-state index contributed by atoms with van der Waals surface area (Å²) >= 11 is 0. The van der Waals surface area contributed by atoms with E-state index < -0.39 is 6.10 Å². The average molecular weight is 505 g/mol. The molecule has 0 aliphatic carbocycles. The third kappa shape index (κ3) is 5.34. The summed E-state index contributed by atoms with van der Waals surface area (Å²) in [5.74, 6) is -1.09. The van der Waals surface area contributed by atoms with Crippen molar-refractivity contribution < 1.29 is 23.8 Å². The Hall–Kier alpha value is -3.79. The third-order valence-electron chi connectivity index (χ3n) is 6.58. The van der Waals surface area contributed by atoms with Gasteiger partial charge in [0.1, 0.15) is 5.82 Å². The number of nitrogens with zero attached hydrogens (tertiary/aromatic N) is 1. The molecule has 2 aliphatic heterocycles. The lowest BCUT2D eigenvalue weighted by atomic mass is 9.94. The standard InChI is InChI=1S/C28H29FN4O4/c1-17-13-21(27(35)30-15-18(34)16-33-9-11-37-12-10-33)25(31-17)14-22-26-20(19-5-2-3-7-23(19)29)6-4-8-24(26)32-28(22)36/h2-8,13-14,18,31,34H,9-12,15-16H2,1H3,(H,30,35)(H,32,36)/b22-14-. The number of aromatic amines is 1. The molecule has 1 aromatic heterocycles. The Kier molecular flexibility index (Phi) is 7.18. The van der Waals surface area contributed by atoms with Crippen LogP contribution in [0.3, 0.4) is 0 Å². The van der Waals surface area contributed by atoms with E-state index in [9.17, 15) is 19.1 Å². The van der Waals surface area contributed by atoms with Crippen molar-refractivity contribution in [1.82, 2.24) is 15.2 Å². The van der Waals surface area contributed by atoms with E-state index in [4.69, 9.17) is 4.74 Å². The number of carbonyl (C=O) groups is 2. The van der Waals surface area contributed by atoms with Gasteiger partial charge in [0.25, 0.3) is 11.8 Å². The Labute approximate surface area is 214 Å². The number of aliphatic hydroxyl groups excluding tert-OH is 1. The lowest BCUT2D eigenvalue weighted by Crippen LogP contribution is -2.44. The average Bonchev–Trinajstić information content (AvgIpc) is 3.42. The highest BCUT2D eigenvalue weighted by Crippen LogP contribution is 2.41. The molecule has 1 unspecified atom stereocenters. The smallest absolute Gasteiger partial charge is 0.256 e. The molecule has 0 spiro atoms. The molecule has 2 aromatic carbocycles. The quantitative estimate of drug-likeness (QED) is 0.370. The molecule has 0 saturated carbocycles. The van der Waals surface area contributed by atoms with E-state index in [0.717, 1.165) is 18.8 Å². The molecule has 1 fully saturated rings. The van der Waals surface area contributed by atoms with E-state index in [0.29, 0.717) is 59.0 Å². The Bertz CT molecular complexity index is 1360. The summed E-state index contributed by atoms with van der Waals surface area (Å²) in [7, 11) is 0. The van der Waals surface area contributed by atoms with Crippen LogP contribution in [0.2, 0.25) is 0 Å². The molecule has 192 valence electrons. The maximum atomic E-state index is 14.7. The highest BCUT2D eigenvalue weighted by Gasteiger charge is 2.29. The van der Waals surface area contributed by atoms with Crippen LogP contribution in [-0.4, -0.2) is 72.3 Å². The fourth-order valence-electron chi connectivity index (χ4n) is 4.80. The van der Waals surface area contributed by atoms with Crippen molar-refractivity contribution in [2.75, 3.05) is 44.7 Å². The van der Waals surface area contributed by atoms with Crippen molar-refractivity contribution in [1.29, 1.82) is 0 Å². The first-order valence-corrected chi connectivity index (χ1v) is 12.3. The number of anilines is 1. The third-order valence-corrected chi connectivity index (χ3v) is 6.58. The Morgan fingerprint density at radius 3 is 2.73 bits per heavy atom. The number of halogens is 1. The van der Waals surface area contributed by atoms with Gasteiger partial charge < -0.3 is 25.5 Å². The van der Waals surface area contributed by atoms with E-state index in [-0.39, 0.29) is 24.2 Å². The number of hydrogen-bond donors (Lipinski definition) is 4. The molecule has 4 N–H and O–H groups in total. The van der Waals surface area contributed by atoms with Crippen LogP contribution in [0.25, 0.3) is 22.8 Å². The Morgan fingerprint density at radius 1 is 1.19 bits per heavy atom.